The number of phosphoric acid groups is 2. The van der Waals surface area contributed by atoms with Crippen LogP contribution in [0.3, 0.4) is 0 Å². The fraction of sp³-hybridized carbons (Fsp3) is 0.753. The van der Waals surface area contributed by atoms with E-state index in [-0.39, 0.29) is 25.7 Å². The maximum atomic E-state index is 13.1. The number of allylic oxidation sites excluding steroid dienone is 18. The number of hydrogen-bond acceptors (Lipinski definition) is 15. The number of unbranched alkanes of at least 4 members (excludes halogenated alkanes) is 37. The second kappa shape index (κ2) is 80.8. The summed E-state index contributed by atoms with van der Waals surface area (Å²) >= 11 is 0. The molecule has 0 spiro atoms. The van der Waals surface area contributed by atoms with E-state index in [2.05, 4.69) is 137 Å². The van der Waals surface area contributed by atoms with Crippen molar-refractivity contribution in [2.24, 2.45) is 0 Å². The van der Waals surface area contributed by atoms with Gasteiger partial charge in [-0.2, -0.15) is 0 Å². The third kappa shape index (κ3) is 79.8. The zero-order valence-electron chi connectivity index (χ0n) is 68.5. The standard InChI is InChI=1S/C89H156O17P2/c1-5-9-13-17-21-25-29-33-36-39-41-44-46-50-53-57-61-65-69-73-86(91)99-79-84(105-88(93)75-71-67-63-59-55-49-32-28-24-20-16-12-8-4)81-103-107(95,96)101-77-83(90)78-102-108(97,98)104-82-85(106-89(94)76-72-68-64-60-56-52-48-43-38-35-31-27-23-19-15-11-7-3)80-100-87(92)74-70-66-62-58-54-51-47-45-42-40-37-34-30-26-22-18-14-10-6-2/h11,15,21-23,25-27,33-38,41-42,44-45,83-85,90H,5-10,12-14,16-20,24,28-32,39-40,43,46-82H2,1-4H3,(H,95,96)(H,97,98)/b15-11-,25-21-,26-22-,27-23-,36-33-,37-34-,38-35-,44-41-,45-42-. The molecule has 17 nitrogen and oxygen atoms in total. The molecule has 624 valence electrons. The van der Waals surface area contributed by atoms with Gasteiger partial charge in [0.2, 0.25) is 0 Å². The van der Waals surface area contributed by atoms with E-state index in [1.54, 1.807) is 0 Å². The van der Waals surface area contributed by atoms with Crippen molar-refractivity contribution >= 4 is 39.5 Å². The summed E-state index contributed by atoms with van der Waals surface area (Å²) in [5, 5.41) is 10.7. The van der Waals surface area contributed by atoms with E-state index in [9.17, 15) is 43.2 Å². The lowest BCUT2D eigenvalue weighted by Gasteiger charge is -2.21. The molecule has 0 aromatic heterocycles. The molecular formula is C89H156O17P2. The lowest BCUT2D eigenvalue weighted by molar-refractivity contribution is -0.161. The van der Waals surface area contributed by atoms with Crippen molar-refractivity contribution in [3.05, 3.63) is 109 Å². The van der Waals surface area contributed by atoms with Crippen molar-refractivity contribution in [1.29, 1.82) is 0 Å². The Morgan fingerprint density at radius 3 is 0.759 bits per heavy atom. The predicted molar refractivity (Wildman–Crippen MR) is 445 cm³/mol. The molecule has 0 amide bonds. The Labute approximate surface area is 658 Å². The van der Waals surface area contributed by atoms with Gasteiger partial charge in [0.05, 0.1) is 26.4 Å². The van der Waals surface area contributed by atoms with E-state index < -0.39 is 97.5 Å². The van der Waals surface area contributed by atoms with Crippen molar-refractivity contribution in [2.45, 2.75) is 393 Å². The minimum atomic E-state index is -4.99. The highest BCUT2D eigenvalue weighted by Gasteiger charge is 2.30. The van der Waals surface area contributed by atoms with Gasteiger partial charge in [-0.25, -0.2) is 9.13 Å². The summed E-state index contributed by atoms with van der Waals surface area (Å²) in [6, 6.07) is 0. The molecule has 0 aliphatic carbocycles. The molecule has 3 N–H and O–H groups in total. The molecule has 108 heavy (non-hydrogen) atoms. The van der Waals surface area contributed by atoms with Crippen LogP contribution in [0, 0.1) is 0 Å². The Morgan fingerprint density at radius 1 is 0.269 bits per heavy atom. The fourth-order valence-corrected chi connectivity index (χ4v) is 13.2. The molecule has 5 atom stereocenters. The second-order valence-corrected chi connectivity index (χ2v) is 31.7. The number of ether oxygens (including phenoxy) is 4. The van der Waals surface area contributed by atoms with Gasteiger partial charge in [0.15, 0.2) is 12.2 Å². The SMILES string of the molecule is CC/C=C\C/C=C\C/C=C\CCCCCCCCCC(=O)OC(COC(=O)CCCCCCCC/C=C\C/C=C\C/C=C\CCCCC)COP(=O)(O)OCC(O)COP(=O)(O)OCC(COC(=O)CCCCCCCC/C=C\C/C=C\C/C=C\CCCCC)OC(=O)CCCCCCCCCCCCCCC. The van der Waals surface area contributed by atoms with Gasteiger partial charge in [0.1, 0.15) is 19.3 Å². The van der Waals surface area contributed by atoms with Gasteiger partial charge in [-0.3, -0.25) is 37.3 Å². The van der Waals surface area contributed by atoms with Crippen LogP contribution in [0.25, 0.3) is 0 Å². The van der Waals surface area contributed by atoms with Gasteiger partial charge in [0.25, 0.3) is 0 Å². The minimum absolute atomic E-state index is 0.0802. The zero-order valence-corrected chi connectivity index (χ0v) is 70.3. The number of rotatable bonds is 81. The van der Waals surface area contributed by atoms with E-state index in [1.165, 1.54) is 89.9 Å². The highest BCUT2D eigenvalue weighted by molar-refractivity contribution is 7.47. The Kier molecular flexibility index (Phi) is 77.6. The van der Waals surface area contributed by atoms with E-state index in [0.717, 1.165) is 205 Å². The van der Waals surface area contributed by atoms with Crippen LogP contribution in [0.1, 0.15) is 374 Å². The third-order valence-corrected chi connectivity index (χ3v) is 20.1. The summed E-state index contributed by atoms with van der Waals surface area (Å²) in [6.07, 6.45) is 88.9. The van der Waals surface area contributed by atoms with Crippen LogP contribution in [-0.2, 0) is 65.4 Å². The van der Waals surface area contributed by atoms with Crippen LogP contribution >= 0.6 is 15.6 Å². The van der Waals surface area contributed by atoms with E-state index >= 15 is 0 Å². The molecular weight excluding hydrogens is 1400 g/mol. The Balaban J connectivity index is 5.36. The van der Waals surface area contributed by atoms with Gasteiger partial charge < -0.3 is 33.8 Å². The molecule has 0 saturated carbocycles. The fourth-order valence-electron chi connectivity index (χ4n) is 11.7. The Bertz CT molecular complexity index is 2470. The average molecular weight is 1560 g/mol. The number of carbonyl (C=O) groups is 4. The van der Waals surface area contributed by atoms with Crippen LogP contribution in [0.15, 0.2) is 109 Å². The predicted octanol–water partition coefficient (Wildman–Crippen LogP) is 25.7. The summed E-state index contributed by atoms with van der Waals surface area (Å²) in [4.78, 5) is 73.3. The number of phosphoric ester groups is 2. The molecule has 0 saturated heterocycles. The van der Waals surface area contributed by atoms with Crippen molar-refractivity contribution < 1.29 is 80.2 Å². The number of aliphatic hydroxyl groups is 1. The first-order valence-corrected chi connectivity index (χ1v) is 46.1. The molecule has 0 aliphatic heterocycles. The summed E-state index contributed by atoms with van der Waals surface area (Å²) in [5.41, 5.74) is 0. The smallest absolute Gasteiger partial charge is 0.462 e. The van der Waals surface area contributed by atoms with Crippen molar-refractivity contribution in [2.75, 3.05) is 39.6 Å². The first-order valence-electron chi connectivity index (χ1n) is 43.1. The van der Waals surface area contributed by atoms with Crippen molar-refractivity contribution in [3.8, 4) is 0 Å². The molecule has 5 unspecified atom stereocenters. The topological polar surface area (TPSA) is 237 Å². The van der Waals surface area contributed by atoms with Crippen LogP contribution in [-0.4, -0.2) is 96.7 Å². The molecule has 19 heteroatoms. The lowest BCUT2D eigenvalue weighted by atomic mass is 10.0. The van der Waals surface area contributed by atoms with Gasteiger partial charge in [0, 0.05) is 25.7 Å². The highest BCUT2D eigenvalue weighted by atomic mass is 31.2. The summed E-state index contributed by atoms with van der Waals surface area (Å²) < 4.78 is 68.8. The first kappa shape index (κ1) is 104. The summed E-state index contributed by atoms with van der Waals surface area (Å²) in [7, 11) is -9.97. The number of carbonyl (C=O) groups excluding carboxylic acids is 4. The molecule has 0 radical (unpaired) electrons. The Hall–Kier alpha value is -4.28. The van der Waals surface area contributed by atoms with Gasteiger partial charge in [-0.15, -0.1) is 0 Å². The van der Waals surface area contributed by atoms with E-state index in [4.69, 9.17) is 37.0 Å². The van der Waals surface area contributed by atoms with Gasteiger partial charge >= 0.3 is 39.5 Å². The number of esters is 4. The van der Waals surface area contributed by atoms with Crippen LogP contribution < -0.4 is 0 Å². The zero-order chi connectivity index (χ0) is 78.9. The number of aliphatic hydroxyl groups excluding tert-OH is 1. The summed E-state index contributed by atoms with van der Waals surface area (Å²) in [6.45, 7) is 4.74. The highest BCUT2D eigenvalue weighted by Crippen LogP contribution is 2.45. The molecule has 0 aromatic carbocycles. The lowest BCUT2D eigenvalue weighted by Crippen LogP contribution is -2.30. The minimum Gasteiger partial charge on any atom is -0.462 e. The second-order valence-electron chi connectivity index (χ2n) is 28.7. The molecule has 0 aliphatic rings. The van der Waals surface area contributed by atoms with Crippen LogP contribution in [0.4, 0.5) is 0 Å². The van der Waals surface area contributed by atoms with Crippen molar-refractivity contribution in [3.63, 3.8) is 0 Å². The average Bonchev–Trinajstić information content (AvgIpc) is 0.905. The monoisotopic (exact) mass is 1560 g/mol. The maximum Gasteiger partial charge on any atom is 0.472 e. The molecule has 0 heterocycles. The number of hydrogen-bond donors (Lipinski definition) is 3. The van der Waals surface area contributed by atoms with Crippen LogP contribution in [0.5, 0.6) is 0 Å². The van der Waals surface area contributed by atoms with Crippen molar-refractivity contribution in [1.82, 2.24) is 0 Å². The van der Waals surface area contributed by atoms with Gasteiger partial charge in [-0.1, -0.05) is 323 Å². The molecule has 0 bridgehead atoms. The molecule has 0 fully saturated rings. The van der Waals surface area contributed by atoms with Crippen LogP contribution in [0.2, 0.25) is 0 Å². The molecule has 0 rings (SSSR count). The maximum absolute atomic E-state index is 13.1. The van der Waals surface area contributed by atoms with E-state index in [1.807, 2.05) is 0 Å². The normalized spacial score (nSPS) is 14.3. The quantitative estimate of drug-likeness (QED) is 0.0169. The summed E-state index contributed by atoms with van der Waals surface area (Å²) in [5.74, 6) is -2.19. The first-order chi connectivity index (χ1) is 52.7. The van der Waals surface area contributed by atoms with E-state index in [0.29, 0.717) is 25.7 Å². The Morgan fingerprint density at radius 2 is 0.481 bits per heavy atom. The van der Waals surface area contributed by atoms with Gasteiger partial charge in [-0.05, 0) is 135 Å². The third-order valence-electron chi connectivity index (χ3n) is 18.2. The molecule has 0 aromatic rings. The largest absolute Gasteiger partial charge is 0.472 e.